The lowest BCUT2D eigenvalue weighted by Crippen LogP contribution is -2.13. The van der Waals surface area contributed by atoms with Crippen LogP contribution in [0.3, 0.4) is 0 Å². The zero-order chi connectivity index (χ0) is 17.0. The molecule has 1 aromatic carbocycles. The molecule has 0 saturated heterocycles. The normalized spacial score (nSPS) is 10.5. The monoisotopic (exact) mass is 337 g/mol. The molecule has 0 atom stereocenters. The molecule has 1 aromatic heterocycles. The average Bonchev–Trinajstić information content (AvgIpc) is 2.85. The molecule has 6 nitrogen and oxygen atoms in total. The molecule has 1 heterocycles. The number of benzene rings is 1. The van der Waals surface area contributed by atoms with E-state index in [1.54, 1.807) is 12.1 Å². The van der Waals surface area contributed by atoms with Crippen LogP contribution in [0.15, 0.2) is 12.1 Å². The number of aryl methyl sites for hydroxylation is 2. The van der Waals surface area contributed by atoms with E-state index in [0.29, 0.717) is 35.1 Å². The van der Waals surface area contributed by atoms with Crippen molar-refractivity contribution in [2.45, 2.75) is 26.7 Å². The summed E-state index contributed by atoms with van der Waals surface area (Å²) in [5, 5.41) is 10.3. The SMILES string of the molecule is COc1cc(NC(=O)CCc2c(C)n[nH]c2C)c(OC)cc1Cl. The number of hydrogen-bond donors (Lipinski definition) is 2. The minimum absolute atomic E-state index is 0.118. The number of H-pyrrole nitrogens is 1. The molecule has 0 spiro atoms. The Labute approximate surface area is 140 Å². The highest BCUT2D eigenvalue weighted by atomic mass is 35.5. The van der Waals surface area contributed by atoms with Crippen molar-refractivity contribution in [3.8, 4) is 11.5 Å². The summed E-state index contributed by atoms with van der Waals surface area (Å²) < 4.78 is 10.4. The lowest BCUT2D eigenvalue weighted by Gasteiger charge is -2.13. The van der Waals surface area contributed by atoms with E-state index in [1.807, 2.05) is 13.8 Å². The van der Waals surface area contributed by atoms with Crippen LogP contribution in [0.1, 0.15) is 23.4 Å². The van der Waals surface area contributed by atoms with E-state index in [2.05, 4.69) is 15.5 Å². The number of ether oxygens (including phenoxy) is 2. The second kappa shape index (κ2) is 7.37. The number of aromatic nitrogens is 2. The highest BCUT2D eigenvalue weighted by molar-refractivity contribution is 6.32. The summed E-state index contributed by atoms with van der Waals surface area (Å²) in [6.07, 6.45) is 0.961. The van der Waals surface area contributed by atoms with Crippen molar-refractivity contribution in [3.63, 3.8) is 0 Å². The Morgan fingerprint density at radius 1 is 1.26 bits per heavy atom. The van der Waals surface area contributed by atoms with Gasteiger partial charge in [-0.25, -0.2) is 0 Å². The minimum Gasteiger partial charge on any atom is -0.495 e. The quantitative estimate of drug-likeness (QED) is 0.848. The average molecular weight is 338 g/mol. The number of rotatable bonds is 6. The summed E-state index contributed by atoms with van der Waals surface area (Å²) >= 11 is 6.05. The summed E-state index contributed by atoms with van der Waals surface area (Å²) in [4.78, 5) is 12.2. The predicted octanol–water partition coefficient (Wildman–Crippen LogP) is 3.27. The van der Waals surface area contributed by atoms with E-state index in [4.69, 9.17) is 21.1 Å². The van der Waals surface area contributed by atoms with Crippen LogP contribution in [0, 0.1) is 13.8 Å². The van der Waals surface area contributed by atoms with Crippen molar-refractivity contribution in [2.24, 2.45) is 0 Å². The Morgan fingerprint density at radius 3 is 2.52 bits per heavy atom. The largest absolute Gasteiger partial charge is 0.495 e. The fourth-order valence-electron chi connectivity index (χ4n) is 2.35. The van der Waals surface area contributed by atoms with Gasteiger partial charge in [0.15, 0.2) is 0 Å². The van der Waals surface area contributed by atoms with Gasteiger partial charge >= 0.3 is 0 Å². The van der Waals surface area contributed by atoms with Gasteiger partial charge in [0.1, 0.15) is 11.5 Å². The van der Waals surface area contributed by atoms with E-state index >= 15 is 0 Å². The van der Waals surface area contributed by atoms with Crippen LogP contribution >= 0.6 is 11.6 Å². The van der Waals surface area contributed by atoms with E-state index in [-0.39, 0.29) is 5.91 Å². The molecule has 2 rings (SSSR count). The van der Waals surface area contributed by atoms with E-state index in [1.165, 1.54) is 14.2 Å². The number of halogens is 1. The predicted molar refractivity (Wildman–Crippen MR) is 89.6 cm³/mol. The smallest absolute Gasteiger partial charge is 0.224 e. The number of carbonyl (C=O) groups is 1. The number of nitrogens with zero attached hydrogens (tertiary/aromatic N) is 1. The molecule has 0 aliphatic heterocycles. The molecule has 7 heteroatoms. The zero-order valence-electron chi connectivity index (χ0n) is 13.6. The van der Waals surface area contributed by atoms with Gasteiger partial charge in [-0.05, 0) is 25.8 Å². The minimum atomic E-state index is -0.118. The van der Waals surface area contributed by atoms with Crippen molar-refractivity contribution in [1.82, 2.24) is 10.2 Å². The maximum Gasteiger partial charge on any atom is 0.224 e. The zero-order valence-corrected chi connectivity index (χ0v) is 14.4. The first kappa shape index (κ1) is 17.1. The second-order valence-electron chi connectivity index (χ2n) is 5.15. The van der Waals surface area contributed by atoms with Crippen molar-refractivity contribution in [2.75, 3.05) is 19.5 Å². The van der Waals surface area contributed by atoms with Crippen LogP contribution in [0.5, 0.6) is 11.5 Å². The van der Waals surface area contributed by atoms with Gasteiger partial charge in [0, 0.05) is 24.2 Å². The number of hydrogen-bond acceptors (Lipinski definition) is 4. The third-order valence-electron chi connectivity index (χ3n) is 3.63. The third-order valence-corrected chi connectivity index (χ3v) is 3.93. The van der Waals surface area contributed by atoms with Crippen LogP contribution in [0.4, 0.5) is 5.69 Å². The Morgan fingerprint density at radius 2 is 1.96 bits per heavy atom. The first-order chi connectivity index (χ1) is 11.0. The van der Waals surface area contributed by atoms with E-state index in [0.717, 1.165) is 17.0 Å². The summed E-state index contributed by atoms with van der Waals surface area (Å²) in [5.74, 6) is 0.844. The summed E-state index contributed by atoms with van der Waals surface area (Å²) in [6.45, 7) is 3.87. The standard InChI is InChI=1S/C16H20ClN3O3/c1-9-11(10(2)20-19-9)5-6-16(21)18-13-8-14(22-3)12(17)7-15(13)23-4/h7-8H,5-6H2,1-4H3,(H,18,21)(H,19,20). The third kappa shape index (κ3) is 3.96. The van der Waals surface area contributed by atoms with Gasteiger partial charge in [0.2, 0.25) is 5.91 Å². The molecule has 1 amide bonds. The van der Waals surface area contributed by atoms with Crippen LogP contribution < -0.4 is 14.8 Å². The second-order valence-corrected chi connectivity index (χ2v) is 5.55. The van der Waals surface area contributed by atoms with Crippen LogP contribution in [-0.2, 0) is 11.2 Å². The Kier molecular flexibility index (Phi) is 5.50. The molecule has 0 aliphatic rings. The van der Waals surface area contributed by atoms with Gasteiger partial charge in [0.25, 0.3) is 0 Å². The van der Waals surface area contributed by atoms with Gasteiger partial charge in [-0.1, -0.05) is 11.6 Å². The summed E-state index contributed by atoms with van der Waals surface area (Å²) in [6, 6.07) is 3.26. The van der Waals surface area contributed by atoms with Crippen molar-refractivity contribution in [1.29, 1.82) is 0 Å². The first-order valence-corrected chi connectivity index (χ1v) is 7.55. The summed E-state index contributed by atoms with van der Waals surface area (Å²) in [5.41, 5.74) is 3.50. The molecule has 0 saturated carbocycles. The number of anilines is 1. The number of nitrogens with one attached hydrogen (secondary N) is 2. The topological polar surface area (TPSA) is 76.2 Å². The molecule has 2 aromatic rings. The number of aromatic amines is 1. The molecule has 0 aliphatic carbocycles. The Bertz CT molecular complexity index is 693. The molecule has 124 valence electrons. The molecular weight excluding hydrogens is 318 g/mol. The van der Waals surface area contributed by atoms with Crippen LogP contribution in [-0.4, -0.2) is 30.3 Å². The number of carbonyl (C=O) groups excluding carboxylic acids is 1. The number of methoxy groups -OCH3 is 2. The highest BCUT2D eigenvalue weighted by Crippen LogP contribution is 2.35. The molecule has 0 fully saturated rings. The van der Waals surface area contributed by atoms with Gasteiger partial charge in [-0.2, -0.15) is 5.10 Å². The first-order valence-electron chi connectivity index (χ1n) is 7.18. The molecule has 0 unspecified atom stereocenters. The molecule has 2 N–H and O–H groups in total. The van der Waals surface area contributed by atoms with Gasteiger partial charge in [0.05, 0.1) is 30.6 Å². The maximum atomic E-state index is 12.2. The van der Waals surface area contributed by atoms with Crippen LogP contribution in [0.2, 0.25) is 5.02 Å². The number of amides is 1. The van der Waals surface area contributed by atoms with E-state index < -0.39 is 0 Å². The lowest BCUT2D eigenvalue weighted by molar-refractivity contribution is -0.116. The molecule has 23 heavy (non-hydrogen) atoms. The maximum absolute atomic E-state index is 12.2. The van der Waals surface area contributed by atoms with Crippen LogP contribution in [0.25, 0.3) is 0 Å². The van der Waals surface area contributed by atoms with Crippen molar-refractivity contribution in [3.05, 3.63) is 34.1 Å². The van der Waals surface area contributed by atoms with Gasteiger partial charge in [-0.3, -0.25) is 9.89 Å². The Hall–Kier alpha value is -2.21. The van der Waals surface area contributed by atoms with Crippen molar-refractivity contribution >= 4 is 23.2 Å². The van der Waals surface area contributed by atoms with Gasteiger partial charge < -0.3 is 14.8 Å². The fraction of sp³-hybridized carbons (Fsp3) is 0.375. The Balaban J connectivity index is 2.08. The highest BCUT2D eigenvalue weighted by Gasteiger charge is 2.14. The summed E-state index contributed by atoms with van der Waals surface area (Å²) in [7, 11) is 3.04. The van der Waals surface area contributed by atoms with Gasteiger partial charge in [-0.15, -0.1) is 0 Å². The van der Waals surface area contributed by atoms with Crippen molar-refractivity contribution < 1.29 is 14.3 Å². The fourth-order valence-corrected chi connectivity index (χ4v) is 2.58. The molecule has 0 radical (unpaired) electrons. The molecular formula is C16H20ClN3O3. The molecule has 0 bridgehead atoms. The van der Waals surface area contributed by atoms with E-state index in [9.17, 15) is 4.79 Å². The lowest BCUT2D eigenvalue weighted by atomic mass is 10.1.